The molecular formula is C9H16O. The fourth-order valence-corrected chi connectivity index (χ4v) is 2.65. The van der Waals surface area contributed by atoms with Crippen molar-refractivity contribution in [3.8, 4) is 0 Å². The van der Waals surface area contributed by atoms with Gasteiger partial charge in [0.15, 0.2) is 0 Å². The molecule has 1 heteroatoms. The molecule has 0 bridgehead atoms. The fraction of sp³-hybridized carbons (Fsp3) is 1.00. The van der Waals surface area contributed by atoms with E-state index in [-0.39, 0.29) is 0 Å². The topological polar surface area (TPSA) is 20.2 Å². The Labute approximate surface area is 62.4 Å². The van der Waals surface area contributed by atoms with Gasteiger partial charge in [-0.25, -0.2) is 0 Å². The number of aliphatic hydroxyl groups excluding tert-OH is 1. The van der Waals surface area contributed by atoms with Crippen molar-refractivity contribution in [3.05, 3.63) is 0 Å². The van der Waals surface area contributed by atoms with Crippen LogP contribution in [0.2, 0.25) is 0 Å². The van der Waals surface area contributed by atoms with Crippen molar-refractivity contribution in [3.63, 3.8) is 0 Å². The van der Waals surface area contributed by atoms with Crippen molar-refractivity contribution in [2.24, 2.45) is 17.3 Å². The molecule has 0 aromatic rings. The summed E-state index contributed by atoms with van der Waals surface area (Å²) >= 11 is 0. The van der Waals surface area contributed by atoms with Crippen LogP contribution in [-0.2, 0) is 0 Å². The SMILES string of the molecule is CC1(CO)CC2CCC2C1. The molecule has 0 radical (unpaired) electrons. The van der Waals surface area contributed by atoms with E-state index in [0.29, 0.717) is 12.0 Å². The Morgan fingerprint density at radius 3 is 2.10 bits per heavy atom. The van der Waals surface area contributed by atoms with E-state index in [4.69, 9.17) is 5.11 Å². The number of rotatable bonds is 1. The summed E-state index contributed by atoms with van der Waals surface area (Å²) < 4.78 is 0. The van der Waals surface area contributed by atoms with E-state index in [2.05, 4.69) is 6.92 Å². The molecule has 0 amide bonds. The molecular weight excluding hydrogens is 124 g/mol. The predicted octanol–water partition coefficient (Wildman–Crippen LogP) is 1.80. The molecule has 2 rings (SSSR count). The third kappa shape index (κ3) is 0.800. The number of fused-ring (bicyclic) bond motifs is 1. The summed E-state index contributed by atoms with van der Waals surface area (Å²) in [5, 5.41) is 9.09. The van der Waals surface area contributed by atoms with E-state index in [1.54, 1.807) is 0 Å². The van der Waals surface area contributed by atoms with Gasteiger partial charge in [0.1, 0.15) is 0 Å². The van der Waals surface area contributed by atoms with E-state index < -0.39 is 0 Å². The van der Waals surface area contributed by atoms with Gasteiger partial charge in [0.25, 0.3) is 0 Å². The second kappa shape index (κ2) is 1.97. The van der Waals surface area contributed by atoms with Crippen LogP contribution in [0.1, 0.15) is 32.6 Å². The van der Waals surface area contributed by atoms with Gasteiger partial charge < -0.3 is 5.11 Å². The highest BCUT2D eigenvalue weighted by Gasteiger charge is 2.45. The van der Waals surface area contributed by atoms with Gasteiger partial charge in [0.2, 0.25) is 0 Å². The Morgan fingerprint density at radius 2 is 1.80 bits per heavy atom. The minimum atomic E-state index is 0.297. The summed E-state index contributed by atoms with van der Waals surface area (Å²) in [4.78, 5) is 0. The Morgan fingerprint density at radius 1 is 1.30 bits per heavy atom. The van der Waals surface area contributed by atoms with Gasteiger partial charge in [0, 0.05) is 6.61 Å². The van der Waals surface area contributed by atoms with Crippen LogP contribution in [0.4, 0.5) is 0 Å². The van der Waals surface area contributed by atoms with Crippen molar-refractivity contribution < 1.29 is 5.11 Å². The average Bonchev–Trinajstić information content (AvgIpc) is 2.13. The highest BCUT2D eigenvalue weighted by Crippen LogP contribution is 2.54. The Kier molecular flexibility index (Phi) is 1.31. The quantitative estimate of drug-likeness (QED) is 0.589. The predicted molar refractivity (Wildman–Crippen MR) is 40.6 cm³/mol. The lowest BCUT2D eigenvalue weighted by atomic mass is 9.77. The summed E-state index contributed by atoms with van der Waals surface area (Å²) in [6, 6.07) is 0. The lowest BCUT2D eigenvalue weighted by Gasteiger charge is -2.29. The molecule has 10 heavy (non-hydrogen) atoms. The summed E-state index contributed by atoms with van der Waals surface area (Å²) in [6.07, 6.45) is 5.43. The number of aliphatic hydroxyl groups is 1. The average molecular weight is 140 g/mol. The summed E-state index contributed by atoms with van der Waals surface area (Å²) in [7, 11) is 0. The standard InChI is InChI=1S/C9H16O/c1-9(6-10)4-7-2-3-8(7)5-9/h7-8,10H,2-6H2,1H3. The van der Waals surface area contributed by atoms with Crippen LogP contribution in [-0.4, -0.2) is 11.7 Å². The maximum atomic E-state index is 9.09. The van der Waals surface area contributed by atoms with Crippen LogP contribution in [0, 0.1) is 17.3 Å². The molecule has 2 unspecified atom stereocenters. The zero-order chi connectivity index (χ0) is 7.19. The Balaban J connectivity index is 2.03. The van der Waals surface area contributed by atoms with Gasteiger partial charge in [-0.15, -0.1) is 0 Å². The maximum Gasteiger partial charge on any atom is 0.0484 e. The molecule has 0 saturated heterocycles. The molecule has 1 N–H and O–H groups in total. The molecule has 2 aliphatic rings. The van der Waals surface area contributed by atoms with Crippen molar-refractivity contribution in [2.45, 2.75) is 32.6 Å². The maximum absolute atomic E-state index is 9.09. The lowest BCUT2D eigenvalue weighted by Crippen LogP contribution is -2.18. The van der Waals surface area contributed by atoms with Gasteiger partial charge in [-0.05, 0) is 42.9 Å². The molecule has 2 saturated carbocycles. The minimum Gasteiger partial charge on any atom is -0.396 e. The van der Waals surface area contributed by atoms with Crippen molar-refractivity contribution in [1.82, 2.24) is 0 Å². The van der Waals surface area contributed by atoms with E-state index in [1.807, 2.05) is 0 Å². The van der Waals surface area contributed by atoms with Gasteiger partial charge >= 0.3 is 0 Å². The molecule has 0 heterocycles. The zero-order valence-electron chi connectivity index (χ0n) is 6.64. The molecule has 0 aromatic carbocycles. The molecule has 1 nitrogen and oxygen atoms in total. The van der Waals surface area contributed by atoms with Crippen LogP contribution in [0.25, 0.3) is 0 Å². The minimum absolute atomic E-state index is 0.297. The highest BCUT2D eigenvalue weighted by atomic mass is 16.3. The second-order valence-corrected chi connectivity index (χ2v) is 4.47. The summed E-state index contributed by atoms with van der Waals surface area (Å²) in [5.74, 6) is 1.97. The Bertz CT molecular complexity index is 130. The normalized spacial score (nSPS) is 52.2. The molecule has 58 valence electrons. The molecule has 0 aliphatic heterocycles. The Hall–Kier alpha value is -0.0400. The first-order chi connectivity index (χ1) is 4.73. The van der Waals surface area contributed by atoms with Crippen molar-refractivity contribution in [2.75, 3.05) is 6.61 Å². The van der Waals surface area contributed by atoms with Crippen LogP contribution in [0.15, 0.2) is 0 Å². The monoisotopic (exact) mass is 140 g/mol. The number of hydrogen-bond acceptors (Lipinski definition) is 1. The van der Waals surface area contributed by atoms with E-state index in [1.165, 1.54) is 25.7 Å². The third-order valence-corrected chi connectivity index (χ3v) is 3.47. The van der Waals surface area contributed by atoms with E-state index in [0.717, 1.165) is 11.8 Å². The molecule has 0 aromatic heterocycles. The molecule has 2 fully saturated rings. The van der Waals surface area contributed by atoms with Gasteiger partial charge in [-0.1, -0.05) is 6.92 Å². The largest absolute Gasteiger partial charge is 0.396 e. The van der Waals surface area contributed by atoms with Gasteiger partial charge in [-0.2, -0.15) is 0 Å². The van der Waals surface area contributed by atoms with Crippen LogP contribution >= 0.6 is 0 Å². The number of hydrogen-bond donors (Lipinski definition) is 1. The first kappa shape index (κ1) is 6.66. The summed E-state index contributed by atoms with van der Waals surface area (Å²) in [6.45, 7) is 2.63. The third-order valence-electron chi connectivity index (χ3n) is 3.47. The van der Waals surface area contributed by atoms with Crippen molar-refractivity contribution >= 4 is 0 Å². The lowest BCUT2D eigenvalue weighted by molar-refractivity contribution is 0.144. The second-order valence-electron chi connectivity index (χ2n) is 4.47. The van der Waals surface area contributed by atoms with Gasteiger partial charge in [-0.3, -0.25) is 0 Å². The van der Waals surface area contributed by atoms with E-state index >= 15 is 0 Å². The molecule has 2 aliphatic carbocycles. The van der Waals surface area contributed by atoms with Crippen LogP contribution < -0.4 is 0 Å². The zero-order valence-corrected chi connectivity index (χ0v) is 6.64. The first-order valence-electron chi connectivity index (χ1n) is 4.34. The molecule has 0 spiro atoms. The summed E-state index contributed by atoms with van der Waals surface area (Å²) in [5.41, 5.74) is 0.297. The van der Waals surface area contributed by atoms with Gasteiger partial charge in [0.05, 0.1) is 0 Å². The van der Waals surface area contributed by atoms with Crippen molar-refractivity contribution in [1.29, 1.82) is 0 Å². The fourth-order valence-electron chi connectivity index (χ4n) is 2.65. The smallest absolute Gasteiger partial charge is 0.0484 e. The van der Waals surface area contributed by atoms with Crippen LogP contribution in [0.3, 0.4) is 0 Å². The van der Waals surface area contributed by atoms with Crippen LogP contribution in [0.5, 0.6) is 0 Å². The van der Waals surface area contributed by atoms with E-state index in [9.17, 15) is 0 Å². The molecule has 2 atom stereocenters. The highest BCUT2D eigenvalue weighted by molar-refractivity contribution is 4.96. The first-order valence-corrected chi connectivity index (χ1v) is 4.34.